The fraction of sp³-hybridized carbons (Fsp3) is 0.571. The molecule has 1 unspecified atom stereocenters. The van der Waals surface area contributed by atoms with Crippen LogP contribution in [-0.4, -0.2) is 32.4 Å². The maximum atomic E-state index is 13.8. The predicted octanol–water partition coefficient (Wildman–Crippen LogP) is 3.01. The molecule has 0 aromatic heterocycles. The molecule has 112 valence electrons. The molecule has 1 aliphatic heterocycles. The van der Waals surface area contributed by atoms with Crippen molar-refractivity contribution in [2.75, 3.05) is 26.3 Å². The Morgan fingerprint density at radius 2 is 2.15 bits per heavy atom. The van der Waals surface area contributed by atoms with Gasteiger partial charge in [-0.15, -0.1) is 0 Å². The number of halogens is 3. The Bertz CT molecular complexity index is 453. The van der Waals surface area contributed by atoms with Crippen molar-refractivity contribution in [2.45, 2.75) is 19.4 Å². The van der Waals surface area contributed by atoms with Gasteiger partial charge in [0.05, 0.1) is 6.61 Å². The van der Waals surface area contributed by atoms with E-state index in [0.29, 0.717) is 13.2 Å². The quantitative estimate of drug-likeness (QED) is 0.820. The summed E-state index contributed by atoms with van der Waals surface area (Å²) in [5.74, 6) is -1.39. The molecule has 1 aliphatic rings. The Hall–Kier alpha value is -0.910. The standard InChI is InChI=1S/C14H18ClF2NO2/c1-2-19-8-12(9-5-6-18-7-9)20-14-11(17)4-3-10(16)13(14)15/h3-4,9,12,18H,2,5-8H2,1H3/t9?,12-/m0/s1. The minimum Gasteiger partial charge on any atom is -0.483 e. The van der Waals surface area contributed by atoms with Crippen molar-refractivity contribution < 1.29 is 18.3 Å². The normalized spacial score (nSPS) is 20.1. The predicted molar refractivity (Wildman–Crippen MR) is 73.3 cm³/mol. The van der Waals surface area contributed by atoms with Gasteiger partial charge in [0.2, 0.25) is 0 Å². The van der Waals surface area contributed by atoms with Crippen molar-refractivity contribution in [3.63, 3.8) is 0 Å². The Morgan fingerprint density at radius 1 is 1.40 bits per heavy atom. The molecule has 1 fully saturated rings. The zero-order chi connectivity index (χ0) is 14.5. The van der Waals surface area contributed by atoms with Crippen LogP contribution in [0.5, 0.6) is 5.75 Å². The third-order valence-electron chi connectivity index (χ3n) is 3.38. The van der Waals surface area contributed by atoms with E-state index < -0.39 is 11.6 Å². The molecule has 1 aromatic rings. The van der Waals surface area contributed by atoms with Crippen LogP contribution in [0.25, 0.3) is 0 Å². The van der Waals surface area contributed by atoms with Gasteiger partial charge in [-0.2, -0.15) is 0 Å². The summed E-state index contributed by atoms with van der Waals surface area (Å²) in [6.07, 6.45) is 0.561. The van der Waals surface area contributed by atoms with Crippen LogP contribution in [0.3, 0.4) is 0 Å². The summed E-state index contributed by atoms with van der Waals surface area (Å²) in [4.78, 5) is 0. The molecule has 2 rings (SSSR count). The molecule has 0 aliphatic carbocycles. The van der Waals surface area contributed by atoms with Crippen LogP contribution in [0.15, 0.2) is 12.1 Å². The van der Waals surface area contributed by atoms with Gasteiger partial charge < -0.3 is 14.8 Å². The second-order valence-electron chi connectivity index (χ2n) is 4.74. The Morgan fingerprint density at radius 3 is 2.80 bits per heavy atom. The first-order valence-electron chi connectivity index (χ1n) is 6.72. The zero-order valence-corrected chi connectivity index (χ0v) is 12.1. The lowest BCUT2D eigenvalue weighted by molar-refractivity contribution is 0.0270. The van der Waals surface area contributed by atoms with Crippen LogP contribution in [0.2, 0.25) is 5.02 Å². The smallest absolute Gasteiger partial charge is 0.177 e. The van der Waals surface area contributed by atoms with E-state index in [1.165, 1.54) is 0 Å². The highest BCUT2D eigenvalue weighted by Crippen LogP contribution is 2.32. The van der Waals surface area contributed by atoms with Gasteiger partial charge >= 0.3 is 0 Å². The molecule has 1 aromatic carbocycles. The highest BCUT2D eigenvalue weighted by molar-refractivity contribution is 6.32. The van der Waals surface area contributed by atoms with Crippen LogP contribution in [-0.2, 0) is 4.74 Å². The fourth-order valence-corrected chi connectivity index (χ4v) is 2.46. The minimum atomic E-state index is -0.692. The maximum absolute atomic E-state index is 13.8. The van der Waals surface area contributed by atoms with Gasteiger partial charge in [-0.25, -0.2) is 8.78 Å². The van der Waals surface area contributed by atoms with E-state index in [-0.39, 0.29) is 22.8 Å². The molecule has 1 N–H and O–H groups in total. The summed E-state index contributed by atoms with van der Waals surface area (Å²) < 4.78 is 38.2. The number of hydrogen-bond donors (Lipinski definition) is 1. The number of rotatable bonds is 6. The lowest BCUT2D eigenvalue weighted by atomic mass is 10.0. The average molecular weight is 306 g/mol. The second kappa shape index (κ2) is 7.20. The zero-order valence-electron chi connectivity index (χ0n) is 11.3. The van der Waals surface area contributed by atoms with Crippen molar-refractivity contribution in [3.05, 3.63) is 28.8 Å². The van der Waals surface area contributed by atoms with Gasteiger partial charge in [-0.05, 0) is 32.0 Å². The van der Waals surface area contributed by atoms with E-state index >= 15 is 0 Å². The van der Waals surface area contributed by atoms with Gasteiger partial charge in [0.15, 0.2) is 11.6 Å². The molecule has 0 spiro atoms. The molecule has 1 heterocycles. The lowest BCUT2D eigenvalue weighted by Crippen LogP contribution is -2.33. The van der Waals surface area contributed by atoms with E-state index in [0.717, 1.165) is 31.6 Å². The maximum Gasteiger partial charge on any atom is 0.177 e. The highest BCUT2D eigenvalue weighted by Gasteiger charge is 2.28. The third-order valence-corrected chi connectivity index (χ3v) is 3.73. The minimum absolute atomic E-state index is 0.195. The first kappa shape index (κ1) is 15.5. The molecule has 2 atom stereocenters. The van der Waals surface area contributed by atoms with Gasteiger partial charge in [-0.3, -0.25) is 0 Å². The Kier molecular flexibility index (Phi) is 5.57. The first-order chi connectivity index (χ1) is 9.63. The molecule has 20 heavy (non-hydrogen) atoms. The van der Waals surface area contributed by atoms with E-state index in [1.807, 2.05) is 6.92 Å². The molecule has 0 radical (unpaired) electrons. The SMILES string of the molecule is CCOC[C@H](Oc1c(F)ccc(F)c1Cl)C1CCNC1. The number of hydrogen-bond acceptors (Lipinski definition) is 3. The van der Waals surface area contributed by atoms with E-state index in [1.54, 1.807) is 0 Å². The van der Waals surface area contributed by atoms with Gasteiger partial charge in [0.25, 0.3) is 0 Å². The Labute approximate surface area is 122 Å². The average Bonchev–Trinajstić information content (AvgIpc) is 2.96. The number of benzene rings is 1. The van der Waals surface area contributed by atoms with Crippen molar-refractivity contribution in [1.82, 2.24) is 5.32 Å². The molecule has 0 saturated carbocycles. The molecule has 6 heteroatoms. The molecular formula is C14H18ClF2NO2. The monoisotopic (exact) mass is 305 g/mol. The van der Waals surface area contributed by atoms with E-state index in [9.17, 15) is 8.78 Å². The van der Waals surface area contributed by atoms with Crippen molar-refractivity contribution >= 4 is 11.6 Å². The van der Waals surface area contributed by atoms with Crippen LogP contribution in [0.4, 0.5) is 8.78 Å². The fourth-order valence-electron chi connectivity index (χ4n) is 2.26. The molecule has 3 nitrogen and oxygen atoms in total. The van der Waals surface area contributed by atoms with Gasteiger partial charge in [0, 0.05) is 19.1 Å². The molecular weight excluding hydrogens is 288 g/mol. The number of nitrogens with one attached hydrogen (secondary N) is 1. The first-order valence-corrected chi connectivity index (χ1v) is 7.10. The molecule has 0 bridgehead atoms. The van der Waals surface area contributed by atoms with Crippen molar-refractivity contribution in [3.8, 4) is 5.75 Å². The lowest BCUT2D eigenvalue weighted by Gasteiger charge is -2.25. The van der Waals surface area contributed by atoms with Crippen molar-refractivity contribution in [1.29, 1.82) is 0 Å². The number of ether oxygens (including phenoxy) is 2. The third kappa shape index (κ3) is 3.59. The second-order valence-corrected chi connectivity index (χ2v) is 5.12. The van der Waals surface area contributed by atoms with Gasteiger partial charge in [-0.1, -0.05) is 11.6 Å². The summed E-state index contributed by atoms with van der Waals surface area (Å²) in [5.41, 5.74) is 0. The van der Waals surface area contributed by atoms with Gasteiger partial charge in [0.1, 0.15) is 16.9 Å². The summed E-state index contributed by atoms with van der Waals surface area (Å²) in [6.45, 7) is 4.40. The van der Waals surface area contributed by atoms with Crippen molar-refractivity contribution in [2.24, 2.45) is 5.92 Å². The van der Waals surface area contributed by atoms with Crippen LogP contribution in [0.1, 0.15) is 13.3 Å². The highest BCUT2D eigenvalue weighted by atomic mass is 35.5. The summed E-state index contributed by atoms with van der Waals surface area (Å²) in [6, 6.07) is 2.00. The molecule has 0 amide bonds. The Balaban J connectivity index is 2.16. The largest absolute Gasteiger partial charge is 0.483 e. The van der Waals surface area contributed by atoms with E-state index in [2.05, 4.69) is 5.32 Å². The summed E-state index contributed by atoms with van der Waals surface area (Å²) in [7, 11) is 0. The summed E-state index contributed by atoms with van der Waals surface area (Å²) in [5, 5.41) is 2.90. The summed E-state index contributed by atoms with van der Waals surface area (Å²) >= 11 is 5.79. The van der Waals surface area contributed by atoms with Crippen LogP contribution >= 0.6 is 11.6 Å². The van der Waals surface area contributed by atoms with E-state index in [4.69, 9.17) is 21.1 Å². The van der Waals surface area contributed by atoms with Crippen LogP contribution < -0.4 is 10.1 Å². The van der Waals surface area contributed by atoms with Crippen LogP contribution in [0, 0.1) is 17.6 Å². The topological polar surface area (TPSA) is 30.5 Å². The molecule has 1 saturated heterocycles.